The molecule has 0 aromatic rings. The highest BCUT2D eigenvalue weighted by atomic mass is 17.2. The quantitative estimate of drug-likeness (QED) is 0.112. The Balaban J connectivity index is 0.811. The van der Waals surface area contributed by atoms with E-state index in [0.29, 0.717) is 13.0 Å². The number of ether oxygens (including phenoxy) is 5. The summed E-state index contributed by atoms with van der Waals surface area (Å²) in [4.78, 5) is 11.5. The van der Waals surface area contributed by atoms with E-state index in [1.165, 1.54) is 83.5 Å². The smallest absolute Gasteiger partial charge is 0.355 e. The van der Waals surface area contributed by atoms with Gasteiger partial charge < -0.3 is 9.47 Å². The second kappa shape index (κ2) is 11.2. The molecule has 0 aromatic carbocycles. The van der Waals surface area contributed by atoms with Crippen molar-refractivity contribution in [1.82, 2.24) is 0 Å². The van der Waals surface area contributed by atoms with Gasteiger partial charge in [-0.2, -0.15) is 0 Å². The van der Waals surface area contributed by atoms with Crippen LogP contribution >= 0.6 is 0 Å². The van der Waals surface area contributed by atoms with Gasteiger partial charge in [-0.1, -0.05) is 103 Å². The van der Waals surface area contributed by atoms with Crippen LogP contribution in [0.2, 0.25) is 0 Å². The predicted molar refractivity (Wildman–Crippen MR) is 121 cm³/mol. The highest BCUT2D eigenvalue weighted by molar-refractivity contribution is 5.69. The van der Waals surface area contributed by atoms with Gasteiger partial charge in [-0.25, -0.2) is 0 Å². The third kappa shape index (κ3) is 5.51. The number of hydrogen-bond acceptors (Lipinski definition) is 6. The summed E-state index contributed by atoms with van der Waals surface area (Å²) in [5.74, 6) is -1.62. The molecule has 0 amide bonds. The molecule has 0 N–H and O–H groups in total. The maximum atomic E-state index is 11.5. The number of unbranched alkanes of at least 4 members (excludes halogenated alkanes) is 15. The molecule has 32 heavy (non-hydrogen) atoms. The molecule has 4 aliphatic rings. The molecular formula is C26H44O6. The van der Waals surface area contributed by atoms with Gasteiger partial charge in [0.15, 0.2) is 0 Å². The number of epoxide rings is 3. The fraction of sp³-hybridized carbons (Fsp3) is 0.962. The second-order valence-electron chi connectivity index (χ2n) is 10.2. The van der Waals surface area contributed by atoms with Gasteiger partial charge >= 0.3 is 17.7 Å². The Morgan fingerprint density at radius 1 is 0.719 bits per heavy atom. The Bertz CT molecular complexity index is 601. The Morgan fingerprint density at radius 3 is 1.72 bits per heavy atom. The van der Waals surface area contributed by atoms with Crippen molar-refractivity contribution in [3.05, 3.63) is 0 Å². The summed E-state index contributed by atoms with van der Waals surface area (Å²) in [5, 5.41) is 0. The molecule has 0 saturated carbocycles. The van der Waals surface area contributed by atoms with E-state index in [1.807, 2.05) is 0 Å². The average molecular weight is 453 g/mol. The minimum absolute atomic E-state index is 0.0127. The zero-order chi connectivity index (χ0) is 22.3. The molecule has 6 nitrogen and oxygen atoms in total. The van der Waals surface area contributed by atoms with E-state index in [-0.39, 0.29) is 12.1 Å². The Morgan fingerprint density at radius 2 is 1.25 bits per heavy atom. The molecular weight excluding hydrogens is 408 g/mol. The van der Waals surface area contributed by atoms with E-state index < -0.39 is 17.5 Å². The van der Waals surface area contributed by atoms with Crippen LogP contribution in [0, 0.1) is 0 Å². The SMILES string of the molecule is CCCCOC(=O)CCCCCCCCCCCCCCCCCC1OC12OC13OC12O3. The molecule has 0 aliphatic carbocycles. The van der Waals surface area contributed by atoms with Gasteiger partial charge in [0.2, 0.25) is 0 Å². The van der Waals surface area contributed by atoms with Gasteiger partial charge in [-0.05, 0) is 19.3 Å². The van der Waals surface area contributed by atoms with Crippen molar-refractivity contribution in [3.8, 4) is 0 Å². The molecule has 1 spiro atoms. The topological polar surface area (TPSA) is 73.1 Å². The molecule has 4 heterocycles. The second-order valence-corrected chi connectivity index (χ2v) is 10.2. The molecule has 0 aromatic heterocycles. The number of esters is 1. The minimum Gasteiger partial charge on any atom is -0.466 e. The fourth-order valence-corrected chi connectivity index (χ4v) is 5.13. The molecule has 0 bridgehead atoms. The van der Waals surface area contributed by atoms with Crippen molar-refractivity contribution in [2.45, 2.75) is 153 Å². The lowest BCUT2D eigenvalue weighted by atomic mass is 10.0. The van der Waals surface area contributed by atoms with E-state index in [9.17, 15) is 4.79 Å². The van der Waals surface area contributed by atoms with E-state index in [1.54, 1.807) is 0 Å². The summed E-state index contributed by atoms with van der Waals surface area (Å²) in [6, 6.07) is 0. The Hall–Kier alpha value is -0.690. The molecule has 184 valence electrons. The summed E-state index contributed by atoms with van der Waals surface area (Å²) < 4.78 is 27.2. The number of carbonyl (C=O) groups is 1. The van der Waals surface area contributed by atoms with Crippen LogP contribution < -0.4 is 0 Å². The summed E-state index contributed by atoms with van der Waals surface area (Å²) in [7, 11) is 0. The van der Waals surface area contributed by atoms with Gasteiger partial charge in [0.25, 0.3) is 5.79 Å². The lowest BCUT2D eigenvalue weighted by molar-refractivity contribution is -0.166. The zero-order valence-corrected chi connectivity index (χ0v) is 20.2. The molecule has 2 unspecified atom stereocenters. The van der Waals surface area contributed by atoms with Crippen molar-refractivity contribution >= 4 is 5.97 Å². The molecule has 4 aliphatic heterocycles. The predicted octanol–water partition coefficient (Wildman–Crippen LogP) is 6.50. The van der Waals surface area contributed by atoms with Crippen LogP contribution in [0.1, 0.15) is 129 Å². The van der Waals surface area contributed by atoms with Gasteiger partial charge in [-0.15, -0.1) is 0 Å². The van der Waals surface area contributed by atoms with Gasteiger partial charge in [-0.3, -0.25) is 19.0 Å². The molecule has 0 radical (unpaired) electrons. The Kier molecular flexibility index (Phi) is 8.52. The van der Waals surface area contributed by atoms with Crippen molar-refractivity contribution in [3.63, 3.8) is 0 Å². The summed E-state index contributed by atoms with van der Waals surface area (Å²) in [5.41, 5.74) is 0. The van der Waals surface area contributed by atoms with Crippen LogP contribution in [-0.2, 0) is 28.5 Å². The largest absolute Gasteiger partial charge is 0.466 e. The summed E-state index contributed by atoms with van der Waals surface area (Å²) in [6.45, 7) is 2.70. The molecule has 4 fully saturated rings. The average Bonchev–Trinajstić information content (AvgIpc) is 3.67. The lowest BCUT2D eigenvalue weighted by Gasteiger charge is -2.10. The van der Waals surface area contributed by atoms with Gasteiger partial charge in [0.1, 0.15) is 6.10 Å². The van der Waals surface area contributed by atoms with E-state index in [0.717, 1.165) is 32.1 Å². The number of carbonyl (C=O) groups excluding carboxylic acids is 1. The summed E-state index contributed by atoms with van der Waals surface area (Å²) >= 11 is 0. The van der Waals surface area contributed by atoms with Crippen molar-refractivity contribution < 1.29 is 28.5 Å². The molecule has 4 saturated heterocycles. The number of rotatable bonds is 21. The van der Waals surface area contributed by atoms with Gasteiger partial charge in [0, 0.05) is 6.42 Å². The maximum absolute atomic E-state index is 11.5. The standard InChI is InChI=1S/C26H44O6/c1-2-3-21-28-23(27)20-18-16-14-12-10-8-6-4-5-7-9-11-13-15-17-19-22-24(29-22)25-26(30-24,31-25)32-25/h22H,2-21H2,1H3. The number of hydrogen-bond donors (Lipinski definition) is 0. The van der Waals surface area contributed by atoms with Crippen LogP contribution in [0.15, 0.2) is 0 Å². The fourth-order valence-electron chi connectivity index (χ4n) is 5.13. The van der Waals surface area contributed by atoms with Crippen molar-refractivity contribution in [1.29, 1.82) is 0 Å². The summed E-state index contributed by atoms with van der Waals surface area (Å²) in [6.07, 6.45) is 23.5. The zero-order valence-electron chi connectivity index (χ0n) is 20.2. The van der Waals surface area contributed by atoms with Crippen molar-refractivity contribution in [2.75, 3.05) is 6.61 Å². The lowest BCUT2D eigenvalue weighted by Crippen LogP contribution is -2.39. The first-order chi connectivity index (χ1) is 15.7. The first-order valence-corrected chi connectivity index (χ1v) is 13.6. The van der Waals surface area contributed by atoms with Crippen LogP contribution in [0.4, 0.5) is 0 Å². The van der Waals surface area contributed by atoms with E-state index in [4.69, 9.17) is 23.7 Å². The van der Waals surface area contributed by atoms with Crippen LogP contribution in [-0.4, -0.2) is 36.2 Å². The monoisotopic (exact) mass is 452 g/mol. The van der Waals surface area contributed by atoms with Crippen LogP contribution in [0.5, 0.6) is 0 Å². The van der Waals surface area contributed by atoms with Crippen LogP contribution in [0.3, 0.4) is 0 Å². The Labute approximate surface area is 194 Å². The third-order valence-corrected chi connectivity index (χ3v) is 7.41. The molecule has 4 rings (SSSR count). The third-order valence-electron chi connectivity index (χ3n) is 7.41. The molecule has 2 atom stereocenters. The highest BCUT2D eigenvalue weighted by Crippen LogP contribution is 2.88. The first kappa shape index (κ1) is 24.4. The highest BCUT2D eigenvalue weighted by Gasteiger charge is 3.16. The van der Waals surface area contributed by atoms with E-state index >= 15 is 0 Å². The van der Waals surface area contributed by atoms with Crippen LogP contribution in [0.25, 0.3) is 0 Å². The maximum Gasteiger partial charge on any atom is 0.355 e. The molecule has 6 heteroatoms. The minimum atomic E-state index is -0.645. The van der Waals surface area contributed by atoms with E-state index in [2.05, 4.69) is 6.92 Å². The van der Waals surface area contributed by atoms with Crippen molar-refractivity contribution in [2.24, 2.45) is 0 Å². The normalized spacial score (nSPS) is 32.8. The van der Waals surface area contributed by atoms with Gasteiger partial charge in [0.05, 0.1) is 6.61 Å². The first-order valence-electron chi connectivity index (χ1n) is 13.6.